The van der Waals surface area contributed by atoms with Crippen molar-refractivity contribution in [3.05, 3.63) is 78.4 Å². The van der Waals surface area contributed by atoms with Crippen LogP contribution in [-0.2, 0) is 16.1 Å². The largest absolute Gasteiger partial charge is 0.328 e. The van der Waals surface area contributed by atoms with Crippen LogP contribution in [0.25, 0.3) is 10.8 Å². The summed E-state index contributed by atoms with van der Waals surface area (Å²) in [6.07, 6.45) is 0. The van der Waals surface area contributed by atoms with Gasteiger partial charge >= 0.3 is 11.8 Å². The van der Waals surface area contributed by atoms with Gasteiger partial charge in [0.15, 0.2) is 0 Å². The maximum atomic E-state index is 12.7. The molecule has 0 fully saturated rings. The molecule has 132 valence electrons. The number of fused-ring (bicyclic) bond motifs is 1. The van der Waals surface area contributed by atoms with Crippen LogP contribution in [-0.4, -0.2) is 22.8 Å². The van der Waals surface area contributed by atoms with Crippen molar-refractivity contribution in [3.8, 4) is 0 Å². The fourth-order valence-electron chi connectivity index (χ4n) is 2.85. The Labute approximate surface area is 153 Å². The Bertz CT molecular complexity index is 920. The van der Waals surface area contributed by atoms with Gasteiger partial charge in [-0.2, -0.15) is 0 Å². The minimum atomic E-state index is -0.620. The first-order valence-corrected chi connectivity index (χ1v) is 8.69. The molecule has 0 unspecified atom stereocenters. The average Bonchev–Trinajstić information content (AvgIpc) is 2.66. The molecule has 0 saturated carbocycles. The van der Waals surface area contributed by atoms with E-state index < -0.39 is 11.8 Å². The van der Waals surface area contributed by atoms with Crippen LogP contribution in [0.15, 0.2) is 72.8 Å². The molecular formula is C22H22N2O2. The van der Waals surface area contributed by atoms with E-state index in [1.807, 2.05) is 86.6 Å². The van der Waals surface area contributed by atoms with E-state index in [0.717, 1.165) is 16.3 Å². The van der Waals surface area contributed by atoms with E-state index >= 15 is 0 Å². The normalized spacial score (nSPS) is 10.7. The van der Waals surface area contributed by atoms with Gasteiger partial charge in [-0.3, -0.25) is 9.59 Å². The predicted octanol–water partition coefficient (Wildman–Crippen LogP) is 4.22. The van der Waals surface area contributed by atoms with Crippen LogP contribution in [0.1, 0.15) is 19.4 Å². The first-order chi connectivity index (χ1) is 12.5. The second-order valence-electron chi connectivity index (χ2n) is 6.53. The molecule has 0 spiro atoms. The fraction of sp³-hybridized carbons (Fsp3) is 0.182. The van der Waals surface area contributed by atoms with Crippen LogP contribution in [0.5, 0.6) is 0 Å². The van der Waals surface area contributed by atoms with Gasteiger partial charge in [-0.05, 0) is 42.3 Å². The molecule has 2 amide bonds. The molecule has 0 radical (unpaired) electrons. The third-order valence-corrected chi connectivity index (χ3v) is 4.28. The highest BCUT2D eigenvalue weighted by Gasteiger charge is 2.24. The van der Waals surface area contributed by atoms with E-state index in [-0.39, 0.29) is 6.04 Å². The molecule has 0 aliphatic carbocycles. The molecule has 0 saturated heterocycles. The number of carbonyl (C=O) groups is 2. The van der Waals surface area contributed by atoms with Crippen molar-refractivity contribution in [2.24, 2.45) is 0 Å². The van der Waals surface area contributed by atoms with Crippen molar-refractivity contribution in [3.63, 3.8) is 0 Å². The number of carbonyl (C=O) groups excluding carboxylic acids is 2. The molecule has 26 heavy (non-hydrogen) atoms. The number of rotatable bonds is 4. The topological polar surface area (TPSA) is 49.4 Å². The second kappa shape index (κ2) is 7.83. The number of benzene rings is 3. The zero-order chi connectivity index (χ0) is 18.5. The number of nitrogens with zero attached hydrogens (tertiary/aromatic N) is 1. The Balaban J connectivity index is 1.74. The van der Waals surface area contributed by atoms with Crippen molar-refractivity contribution in [1.82, 2.24) is 4.90 Å². The van der Waals surface area contributed by atoms with Gasteiger partial charge in [0.25, 0.3) is 0 Å². The Kier molecular flexibility index (Phi) is 5.32. The van der Waals surface area contributed by atoms with Crippen molar-refractivity contribution in [2.45, 2.75) is 26.4 Å². The third kappa shape index (κ3) is 4.09. The maximum absolute atomic E-state index is 12.7. The maximum Gasteiger partial charge on any atom is 0.313 e. The Morgan fingerprint density at radius 2 is 1.54 bits per heavy atom. The summed E-state index contributed by atoms with van der Waals surface area (Å²) in [5.41, 5.74) is 1.61. The Morgan fingerprint density at radius 3 is 2.23 bits per heavy atom. The summed E-state index contributed by atoms with van der Waals surface area (Å²) in [7, 11) is 0. The lowest BCUT2D eigenvalue weighted by Gasteiger charge is -2.26. The summed E-state index contributed by atoms with van der Waals surface area (Å²) in [6, 6.07) is 23.1. The SMILES string of the molecule is CC(C)N(Cc1ccccc1)C(=O)C(=O)Nc1ccc2ccccc2c1. The van der Waals surface area contributed by atoms with E-state index in [1.165, 1.54) is 0 Å². The summed E-state index contributed by atoms with van der Waals surface area (Å²) in [6.45, 7) is 4.22. The summed E-state index contributed by atoms with van der Waals surface area (Å²) in [5, 5.41) is 4.83. The number of hydrogen-bond donors (Lipinski definition) is 1. The van der Waals surface area contributed by atoms with Gasteiger partial charge in [-0.15, -0.1) is 0 Å². The van der Waals surface area contributed by atoms with E-state index in [9.17, 15) is 9.59 Å². The van der Waals surface area contributed by atoms with Crippen molar-refractivity contribution >= 4 is 28.3 Å². The van der Waals surface area contributed by atoms with Crippen molar-refractivity contribution in [2.75, 3.05) is 5.32 Å². The molecule has 0 aliphatic heterocycles. The Hall–Kier alpha value is -3.14. The van der Waals surface area contributed by atoms with Crippen LogP contribution in [0.2, 0.25) is 0 Å². The first-order valence-electron chi connectivity index (χ1n) is 8.69. The number of anilines is 1. The van der Waals surface area contributed by atoms with Crippen LogP contribution in [0, 0.1) is 0 Å². The highest BCUT2D eigenvalue weighted by Crippen LogP contribution is 2.19. The minimum absolute atomic E-state index is 0.0786. The lowest BCUT2D eigenvalue weighted by Crippen LogP contribution is -2.43. The molecule has 0 aromatic heterocycles. The Morgan fingerprint density at radius 1 is 0.885 bits per heavy atom. The number of nitrogens with one attached hydrogen (secondary N) is 1. The second-order valence-corrected chi connectivity index (χ2v) is 6.53. The monoisotopic (exact) mass is 346 g/mol. The zero-order valence-electron chi connectivity index (χ0n) is 15.0. The summed E-state index contributed by atoms with van der Waals surface area (Å²) < 4.78 is 0. The van der Waals surface area contributed by atoms with E-state index in [4.69, 9.17) is 0 Å². The number of amides is 2. The predicted molar refractivity (Wildman–Crippen MR) is 105 cm³/mol. The van der Waals surface area contributed by atoms with Crippen LogP contribution in [0.4, 0.5) is 5.69 Å². The van der Waals surface area contributed by atoms with Crippen molar-refractivity contribution in [1.29, 1.82) is 0 Å². The van der Waals surface area contributed by atoms with E-state index in [0.29, 0.717) is 12.2 Å². The minimum Gasteiger partial charge on any atom is -0.328 e. The summed E-state index contributed by atoms with van der Waals surface area (Å²) in [5.74, 6) is -1.15. The first kappa shape index (κ1) is 17.7. The van der Waals surface area contributed by atoms with Gasteiger partial charge < -0.3 is 10.2 Å². The van der Waals surface area contributed by atoms with Gasteiger partial charge in [0.05, 0.1) is 0 Å². The summed E-state index contributed by atoms with van der Waals surface area (Å²) in [4.78, 5) is 26.7. The lowest BCUT2D eigenvalue weighted by molar-refractivity contribution is -0.144. The molecule has 0 aliphatic rings. The van der Waals surface area contributed by atoms with Crippen molar-refractivity contribution < 1.29 is 9.59 Å². The third-order valence-electron chi connectivity index (χ3n) is 4.28. The van der Waals surface area contributed by atoms with Gasteiger partial charge in [-0.1, -0.05) is 60.7 Å². The molecule has 3 aromatic rings. The molecule has 4 nitrogen and oxygen atoms in total. The molecule has 3 aromatic carbocycles. The van der Waals surface area contributed by atoms with Crippen LogP contribution < -0.4 is 5.32 Å². The quantitative estimate of drug-likeness (QED) is 0.719. The highest BCUT2D eigenvalue weighted by atomic mass is 16.2. The van der Waals surface area contributed by atoms with E-state index in [1.54, 1.807) is 4.90 Å². The molecule has 4 heteroatoms. The molecule has 0 bridgehead atoms. The molecule has 0 heterocycles. The number of hydrogen-bond acceptors (Lipinski definition) is 2. The van der Waals surface area contributed by atoms with Gasteiger partial charge in [0.2, 0.25) is 0 Å². The standard InChI is InChI=1S/C22H22N2O2/c1-16(2)24(15-17-8-4-3-5-9-17)22(26)21(25)23-20-13-12-18-10-6-7-11-19(18)14-20/h3-14,16H,15H2,1-2H3,(H,23,25). The smallest absolute Gasteiger partial charge is 0.313 e. The van der Waals surface area contributed by atoms with Crippen LogP contribution in [0.3, 0.4) is 0 Å². The lowest BCUT2D eigenvalue weighted by atomic mass is 10.1. The molecule has 3 rings (SSSR count). The average molecular weight is 346 g/mol. The van der Waals surface area contributed by atoms with Gasteiger partial charge in [-0.25, -0.2) is 0 Å². The van der Waals surface area contributed by atoms with Crippen LogP contribution >= 0.6 is 0 Å². The van der Waals surface area contributed by atoms with Gasteiger partial charge in [0.1, 0.15) is 0 Å². The molecular weight excluding hydrogens is 324 g/mol. The molecule has 0 atom stereocenters. The molecule has 1 N–H and O–H groups in total. The highest BCUT2D eigenvalue weighted by molar-refractivity contribution is 6.39. The fourth-order valence-corrected chi connectivity index (χ4v) is 2.85. The van der Waals surface area contributed by atoms with E-state index in [2.05, 4.69) is 5.32 Å². The summed E-state index contributed by atoms with van der Waals surface area (Å²) >= 11 is 0. The zero-order valence-corrected chi connectivity index (χ0v) is 15.0. The van der Waals surface area contributed by atoms with Gasteiger partial charge in [0, 0.05) is 18.3 Å².